The van der Waals surface area contributed by atoms with Gasteiger partial charge in [-0.3, -0.25) is 4.79 Å². The van der Waals surface area contributed by atoms with E-state index in [1.54, 1.807) is 0 Å². The third-order valence-electron chi connectivity index (χ3n) is 1.07. The normalized spacial score (nSPS) is 14.1. The summed E-state index contributed by atoms with van der Waals surface area (Å²) in [5.41, 5.74) is 0. The van der Waals surface area contributed by atoms with Gasteiger partial charge in [0, 0.05) is 6.42 Å². The van der Waals surface area contributed by atoms with E-state index in [9.17, 15) is 18.0 Å². The van der Waals surface area contributed by atoms with Crippen LogP contribution in [0.3, 0.4) is 0 Å². The number of carbonyl (C=O) groups is 1. The van der Waals surface area contributed by atoms with Gasteiger partial charge < -0.3 is 4.74 Å². The Morgan fingerprint density at radius 2 is 2.08 bits per heavy atom. The molecule has 0 saturated heterocycles. The maximum atomic E-state index is 11.9. The van der Waals surface area contributed by atoms with E-state index in [4.69, 9.17) is 11.6 Å². The highest BCUT2D eigenvalue weighted by atomic mass is 35.5. The molecule has 0 aliphatic carbocycles. The lowest BCUT2D eigenvalue weighted by atomic mass is 10.4. The van der Waals surface area contributed by atoms with Gasteiger partial charge in [-0.1, -0.05) is 6.92 Å². The van der Waals surface area contributed by atoms with Crippen LogP contribution in [0.25, 0.3) is 0 Å². The highest BCUT2D eigenvalue weighted by molar-refractivity contribution is 6.18. The fraction of sp³-hybridized carbons (Fsp3) is 0.833. The molecule has 0 saturated carbocycles. The zero-order valence-corrected chi connectivity index (χ0v) is 7.08. The van der Waals surface area contributed by atoms with Gasteiger partial charge in [-0.2, -0.15) is 13.2 Å². The van der Waals surface area contributed by atoms with Crippen molar-refractivity contribution in [1.29, 1.82) is 0 Å². The van der Waals surface area contributed by atoms with Crippen molar-refractivity contribution in [2.45, 2.75) is 25.6 Å². The Hall–Kier alpha value is -0.450. The van der Waals surface area contributed by atoms with Crippen LogP contribution in [-0.4, -0.2) is 24.1 Å². The second kappa shape index (κ2) is 4.54. The van der Waals surface area contributed by atoms with Crippen LogP contribution in [0.15, 0.2) is 0 Å². The van der Waals surface area contributed by atoms with Crippen LogP contribution >= 0.6 is 11.6 Å². The largest absolute Gasteiger partial charge is 0.451 e. The maximum absolute atomic E-state index is 11.9. The summed E-state index contributed by atoms with van der Waals surface area (Å²) in [5.74, 6) is -1.67. The van der Waals surface area contributed by atoms with E-state index < -0.39 is 24.1 Å². The van der Waals surface area contributed by atoms with E-state index in [1.807, 2.05) is 0 Å². The fourth-order valence-electron chi connectivity index (χ4n) is 0.428. The average Bonchev–Trinajstić information content (AvgIpc) is 1.97. The minimum absolute atomic E-state index is 0.0938. The summed E-state index contributed by atoms with van der Waals surface area (Å²) in [5, 5.41) is 0. The molecule has 0 aliphatic heterocycles. The number of hydrogen-bond acceptors (Lipinski definition) is 2. The minimum atomic E-state index is -4.58. The van der Waals surface area contributed by atoms with Gasteiger partial charge in [-0.15, -0.1) is 11.6 Å². The number of esters is 1. The molecule has 0 bridgehead atoms. The third kappa shape index (κ3) is 3.80. The monoisotopic (exact) mass is 204 g/mol. The van der Waals surface area contributed by atoms with E-state index >= 15 is 0 Å². The zero-order chi connectivity index (χ0) is 9.78. The molecular weight excluding hydrogens is 197 g/mol. The van der Waals surface area contributed by atoms with Crippen LogP contribution in [0.4, 0.5) is 13.2 Å². The van der Waals surface area contributed by atoms with E-state index in [1.165, 1.54) is 6.92 Å². The van der Waals surface area contributed by atoms with Gasteiger partial charge in [0.05, 0.1) is 5.88 Å². The molecule has 0 aliphatic rings. The van der Waals surface area contributed by atoms with E-state index in [-0.39, 0.29) is 6.42 Å². The number of alkyl halides is 4. The van der Waals surface area contributed by atoms with Crippen molar-refractivity contribution in [2.75, 3.05) is 5.88 Å². The number of rotatable bonds is 3. The Bertz CT molecular complexity index is 157. The van der Waals surface area contributed by atoms with Gasteiger partial charge in [-0.05, 0) is 0 Å². The molecule has 0 heterocycles. The maximum Gasteiger partial charge on any atom is 0.426 e. The zero-order valence-electron chi connectivity index (χ0n) is 6.32. The number of ether oxygens (including phenoxy) is 1. The molecule has 0 aromatic carbocycles. The Kier molecular flexibility index (Phi) is 4.37. The van der Waals surface area contributed by atoms with Gasteiger partial charge in [-0.25, -0.2) is 0 Å². The lowest BCUT2D eigenvalue weighted by molar-refractivity contribution is -0.214. The lowest BCUT2D eigenvalue weighted by Gasteiger charge is -2.17. The van der Waals surface area contributed by atoms with Crippen molar-refractivity contribution in [3.63, 3.8) is 0 Å². The Balaban J connectivity index is 4.09. The number of hydrogen-bond donors (Lipinski definition) is 0. The summed E-state index contributed by atoms with van der Waals surface area (Å²) in [4.78, 5) is 10.4. The van der Waals surface area contributed by atoms with Crippen LogP contribution in [0.1, 0.15) is 13.3 Å². The van der Waals surface area contributed by atoms with Gasteiger partial charge in [0.1, 0.15) is 0 Å². The molecule has 0 rings (SSSR count). The van der Waals surface area contributed by atoms with Crippen LogP contribution in [0, 0.1) is 0 Å². The first-order chi connectivity index (χ1) is 5.41. The van der Waals surface area contributed by atoms with Crippen LogP contribution < -0.4 is 0 Å². The molecule has 2 nitrogen and oxygen atoms in total. The summed E-state index contributed by atoms with van der Waals surface area (Å²) >= 11 is 4.96. The van der Waals surface area contributed by atoms with Crippen molar-refractivity contribution < 1.29 is 22.7 Å². The van der Waals surface area contributed by atoms with Gasteiger partial charge >= 0.3 is 12.1 Å². The first-order valence-electron chi connectivity index (χ1n) is 3.24. The van der Waals surface area contributed by atoms with Crippen molar-refractivity contribution in [2.24, 2.45) is 0 Å². The van der Waals surface area contributed by atoms with Crippen LogP contribution in [-0.2, 0) is 9.53 Å². The quantitative estimate of drug-likeness (QED) is 0.520. The summed E-state index contributed by atoms with van der Waals surface area (Å²) < 4.78 is 39.6. The van der Waals surface area contributed by atoms with Crippen LogP contribution in [0.5, 0.6) is 0 Å². The van der Waals surface area contributed by atoms with Crippen molar-refractivity contribution in [1.82, 2.24) is 0 Å². The summed E-state index contributed by atoms with van der Waals surface area (Å²) in [7, 11) is 0. The molecule has 0 amide bonds. The predicted octanol–water partition coefficient (Wildman–Crippen LogP) is 2.11. The Morgan fingerprint density at radius 1 is 1.58 bits per heavy atom. The molecule has 0 N–H and O–H groups in total. The smallest absolute Gasteiger partial charge is 0.426 e. The Labute approximate surface area is 72.6 Å². The van der Waals surface area contributed by atoms with Gasteiger partial charge in [0.15, 0.2) is 0 Å². The standard InChI is InChI=1S/C6H8ClF3O2/c1-2-5(11)12-4(3-7)6(8,9)10/h4H,2-3H2,1H3. The van der Waals surface area contributed by atoms with Crippen molar-refractivity contribution >= 4 is 17.6 Å². The van der Waals surface area contributed by atoms with Gasteiger partial charge in [0.2, 0.25) is 6.10 Å². The van der Waals surface area contributed by atoms with Crippen molar-refractivity contribution in [3.8, 4) is 0 Å². The fourth-order valence-corrected chi connectivity index (χ4v) is 0.666. The minimum Gasteiger partial charge on any atom is -0.451 e. The third-order valence-corrected chi connectivity index (χ3v) is 1.35. The highest BCUT2D eigenvalue weighted by Crippen LogP contribution is 2.24. The summed E-state index contributed by atoms with van der Waals surface area (Å²) in [6.45, 7) is 1.41. The average molecular weight is 205 g/mol. The number of carbonyl (C=O) groups excluding carboxylic acids is 1. The van der Waals surface area contributed by atoms with E-state index in [0.717, 1.165) is 0 Å². The van der Waals surface area contributed by atoms with Gasteiger partial charge in [0.25, 0.3) is 0 Å². The SMILES string of the molecule is CCC(=O)OC(CCl)C(F)(F)F. The molecule has 0 radical (unpaired) electrons. The topological polar surface area (TPSA) is 26.3 Å². The second-order valence-corrected chi connectivity index (χ2v) is 2.34. The van der Waals surface area contributed by atoms with E-state index in [0.29, 0.717) is 0 Å². The van der Waals surface area contributed by atoms with Crippen LogP contribution in [0.2, 0.25) is 0 Å². The predicted molar refractivity (Wildman–Crippen MR) is 36.9 cm³/mol. The molecule has 1 atom stereocenters. The Morgan fingerprint density at radius 3 is 2.33 bits per heavy atom. The molecule has 0 aromatic rings. The van der Waals surface area contributed by atoms with E-state index in [2.05, 4.69) is 4.74 Å². The molecule has 6 heteroatoms. The summed E-state index contributed by atoms with van der Waals surface area (Å²) in [6.07, 6.45) is -6.86. The molecule has 0 fully saturated rings. The van der Waals surface area contributed by atoms with Crippen molar-refractivity contribution in [3.05, 3.63) is 0 Å². The second-order valence-electron chi connectivity index (χ2n) is 2.03. The first-order valence-corrected chi connectivity index (χ1v) is 3.77. The molecule has 1 unspecified atom stereocenters. The highest BCUT2D eigenvalue weighted by Gasteiger charge is 2.41. The molecule has 0 aromatic heterocycles. The molecule has 72 valence electrons. The molecular formula is C6H8ClF3O2. The molecule has 0 spiro atoms. The summed E-state index contributed by atoms with van der Waals surface area (Å²) in [6, 6.07) is 0. The lowest BCUT2D eigenvalue weighted by Crippen LogP contribution is -2.35. The first kappa shape index (κ1) is 11.6. The number of halogens is 4. The molecule has 12 heavy (non-hydrogen) atoms.